The molecule has 208 valence electrons. The van der Waals surface area contributed by atoms with Gasteiger partial charge in [0.05, 0.1) is 17.7 Å². The van der Waals surface area contributed by atoms with E-state index in [2.05, 4.69) is 25.8 Å². The SMILES string of the molecule is CNc1cnc(-c2ccccc2)n(CC(=O)N[C@H](C(=O)c2nnc(C(C)(C)c3ccc(F)cc3)o2)C(C)C)c1=O. The van der Waals surface area contributed by atoms with Crippen molar-refractivity contribution in [3.8, 4) is 11.4 Å². The molecule has 10 nitrogen and oxygen atoms in total. The first-order valence-electron chi connectivity index (χ1n) is 12.8. The van der Waals surface area contributed by atoms with Crippen LogP contribution in [-0.4, -0.2) is 44.5 Å². The van der Waals surface area contributed by atoms with E-state index in [0.717, 1.165) is 5.56 Å². The zero-order valence-electron chi connectivity index (χ0n) is 22.9. The van der Waals surface area contributed by atoms with E-state index in [1.54, 1.807) is 57.3 Å². The Morgan fingerprint density at radius 1 is 1.05 bits per heavy atom. The van der Waals surface area contributed by atoms with Crippen LogP contribution in [0.4, 0.5) is 10.1 Å². The van der Waals surface area contributed by atoms with Gasteiger partial charge in [0.2, 0.25) is 17.6 Å². The van der Waals surface area contributed by atoms with Gasteiger partial charge in [-0.3, -0.25) is 19.0 Å². The first-order valence-corrected chi connectivity index (χ1v) is 12.8. The van der Waals surface area contributed by atoms with Crippen molar-refractivity contribution in [1.29, 1.82) is 0 Å². The highest BCUT2D eigenvalue weighted by Crippen LogP contribution is 2.31. The molecule has 2 N–H and O–H groups in total. The highest BCUT2D eigenvalue weighted by Gasteiger charge is 2.34. The quantitative estimate of drug-likeness (QED) is 0.287. The number of ketones is 1. The Kier molecular flexibility index (Phi) is 8.22. The highest BCUT2D eigenvalue weighted by atomic mass is 19.1. The molecule has 0 radical (unpaired) electrons. The largest absolute Gasteiger partial charge is 0.417 e. The smallest absolute Gasteiger partial charge is 0.286 e. The summed E-state index contributed by atoms with van der Waals surface area (Å²) in [6, 6.07) is 13.9. The number of amides is 1. The van der Waals surface area contributed by atoms with Crippen molar-refractivity contribution in [2.24, 2.45) is 5.92 Å². The van der Waals surface area contributed by atoms with Gasteiger partial charge in [0.25, 0.3) is 11.4 Å². The molecule has 40 heavy (non-hydrogen) atoms. The second kappa shape index (κ2) is 11.6. The molecule has 0 saturated heterocycles. The topological polar surface area (TPSA) is 132 Å². The van der Waals surface area contributed by atoms with Gasteiger partial charge < -0.3 is 15.1 Å². The number of nitrogens with one attached hydrogen (secondary N) is 2. The molecule has 1 amide bonds. The number of hydrogen-bond donors (Lipinski definition) is 2. The summed E-state index contributed by atoms with van der Waals surface area (Å²) < 4.78 is 20.4. The molecule has 2 heterocycles. The maximum atomic E-state index is 13.4. The van der Waals surface area contributed by atoms with Crippen molar-refractivity contribution in [3.05, 3.63) is 94.3 Å². The van der Waals surface area contributed by atoms with Gasteiger partial charge >= 0.3 is 0 Å². The highest BCUT2D eigenvalue weighted by molar-refractivity contribution is 5.98. The fourth-order valence-electron chi connectivity index (χ4n) is 4.22. The average molecular weight is 547 g/mol. The minimum Gasteiger partial charge on any atom is -0.417 e. The number of carbonyl (C=O) groups excluding carboxylic acids is 2. The number of nitrogens with zero attached hydrogens (tertiary/aromatic N) is 4. The third-order valence-electron chi connectivity index (χ3n) is 6.65. The van der Waals surface area contributed by atoms with E-state index in [1.807, 2.05) is 19.9 Å². The number of anilines is 1. The van der Waals surface area contributed by atoms with Gasteiger partial charge in [0.15, 0.2) is 0 Å². The molecule has 4 rings (SSSR count). The lowest BCUT2D eigenvalue weighted by Crippen LogP contribution is -2.46. The van der Waals surface area contributed by atoms with E-state index in [0.29, 0.717) is 11.4 Å². The molecule has 0 aliphatic rings. The molecular weight excluding hydrogens is 515 g/mol. The molecule has 1 atom stereocenters. The van der Waals surface area contributed by atoms with Gasteiger partial charge in [-0.25, -0.2) is 9.37 Å². The molecule has 0 bridgehead atoms. The number of aromatic nitrogens is 4. The van der Waals surface area contributed by atoms with E-state index >= 15 is 0 Å². The maximum absolute atomic E-state index is 13.4. The van der Waals surface area contributed by atoms with Crippen LogP contribution in [0.2, 0.25) is 0 Å². The van der Waals surface area contributed by atoms with Crippen molar-refractivity contribution in [2.45, 2.75) is 45.7 Å². The fourth-order valence-corrected chi connectivity index (χ4v) is 4.22. The fraction of sp³-hybridized carbons (Fsp3) is 0.310. The second-order valence-electron chi connectivity index (χ2n) is 10.2. The van der Waals surface area contributed by atoms with Crippen LogP contribution in [0, 0.1) is 11.7 Å². The van der Waals surface area contributed by atoms with Gasteiger partial charge in [0.1, 0.15) is 23.9 Å². The molecule has 0 aliphatic heterocycles. The van der Waals surface area contributed by atoms with Crippen LogP contribution in [0.15, 0.2) is 70.0 Å². The third kappa shape index (κ3) is 5.83. The minimum atomic E-state index is -0.994. The van der Waals surface area contributed by atoms with Crippen LogP contribution >= 0.6 is 0 Å². The summed E-state index contributed by atoms with van der Waals surface area (Å²) in [4.78, 5) is 44.1. The van der Waals surface area contributed by atoms with Crippen LogP contribution in [-0.2, 0) is 16.8 Å². The number of hydrogen-bond acceptors (Lipinski definition) is 8. The molecule has 2 aromatic heterocycles. The lowest BCUT2D eigenvalue weighted by Gasteiger charge is -2.21. The molecule has 0 saturated carbocycles. The van der Waals surface area contributed by atoms with Crippen LogP contribution in [0.25, 0.3) is 11.4 Å². The van der Waals surface area contributed by atoms with Crippen molar-refractivity contribution in [3.63, 3.8) is 0 Å². The number of benzene rings is 2. The number of carbonyl (C=O) groups is 2. The summed E-state index contributed by atoms with van der Waals surface area (Å²) in [7, 11) is 1.59. The molecule has 4 aromatic rings. The Morgan fingerprint density at radius 2 is 1.73 bits per heavy atom. The van der Waals surface area contributed by atoms with Crippen molar-refractivity contribution < 1.29 is 18.4 Å². The van der Waals surface area contributed by atoms with Gasteiger partial charge in [-0.2, -0.15) is 0 Å². The van der Waals surface area contributed by atoms with E-state index in [9.17, 15) is 18.8 Å². The number of rotatable bonds is 10. The summed E-state index contributed by atoms with van der Waals surface area (Å²) in [5.74, 6) is -1.60. The zero-order valence-corrected chi connectivity index (χ0v) is 22.9. The first-order chi connectivity index (χ1) is 19.0. The summed E-state index contributed by atoms with van der Waals surface area (Å²) in [5.41, 5.74) is 0.390. The summed E-state index contributed by atoms with van der Waals surface area (Å²) in [6.45, 7) is 6.81. The number of halogens is 1. The van der Waals surface area contributed by atoms with Gasteiger partial charge in [0, 0.05) is 12.6 Å². The monoisotopic (exact) mass is 546 g/mol. The molecule has 11 heteroatoms. The molecule has 0 aliphatic carbocycles. The average Bonchev–Trinajstić information content (AvgIpc) is 3.44. The molecular formula is C29H31FN6O4. The van der Waals surface area contributed by atoms with Crippen LogP contribution in [0.5, 0.6) is 0 Å². The predicted octanol–water partition coefficient (Wildman–Crippen LogP) is 3.82. The minimum absolute atomic E-state index is 0.172. The second-order valence-corrected chi connectivity index (χ2v) is 10.2. The zero-order chi connectivity index (χ0) is 29.0. The van der Waals surface area contributed by atoms with Crippen LogP contribution < -0.4 is 16.2 Å². The van der Waals surface area contributed by atoms with E-state index in [1.165, 1.54) is 22.9 Å². The van der Waals surface area contributed by atoms with Gasteiger partial charge in [-0.15, -0.1) is 10.2 Å². The van der Waals surface area contributed by atoms with Crippen LogP contribution in [0.3, 0.4) is 0 Å². The number of Topliss-reactive ketones (excluding diaryl/α,β-unsaturated/α-hetero) is 1. The van der Waals surface area contributed by atoms with E-state index in [-0.39, 0.29) is 35.7 Å². The Morgan fingerprint density at radius 3 is 2.35 bits per heavy atom. The Hall–Kier alpha value is -4.67. The normalized spacial score (nSPS) is 12.3. The Labute approximate surface area is 230 Å². The van der Waals surface area contributed by atoms with E-state index < -0.39 is 28.7 Å². The molecule has 2 aromatic carbocycles. The maximum Gasteiger partial charge on any atom is 0.286 e. The standard InChI is InChI=1S/C29H31FN6O4/c1-17(2)23(24(38)26-34-35-28(40-26)29(3,4)19-11-13-20(30)14-12-19)33-22(37)16-36-25(18-9-7-6-8-10-18)32-15-21(31-5)27(36)39/h6-15,17,23,31H,16H2,1-5H3,(H,33,37)/t23-/m0/s1. The molecule has 0 unspecified atom stereocenters. The lowest BCUT2D eigenvalue weighted by atomic mass is 9.84. The predicted molar refractivity (Wildman–Crippen MR) is 147 cm³/mol. The van der Waals surface area contributed by atoms with Gasteiger partial charge in [-0.1, -0.05) is 56.3 Å². The Bertz CT molecular complexity index is 1560. The van der Waals surface area contributed by atoms with Gasteiger partial charge in [-0.05, 0) is 37.5 Å². The molecule has 0 spiro atoms. The lowest BCUT2D eigenvalue weighted by molar-refractivity contribution is -0.122. The van der Waals surface area contributed by atoms with Crippen LogP contribution in [0.1, 0.15) is 49.8 Å². The van der Waals surface area contributed by atoms with Crippen molar-refractivity contribution in [2.75, 3.05) is 12.4 Å². The molecule has 0 fully saturated rings. The first kappa shape index (κ1) is 28.3. The summed E-state index contributed by atoms with van der Waals surface area (Å²) in [6.07, 6.45) is 1.42. The van der Waals surface area contributed by atoms with E-state index in [4.69, 9.17) is 4.42 Å². The Balaban J connectivity index is 1.57. The summed E-state index contributed by atoms with van der Waals surface area (Å²) in [5, 5.41) is 13.5. The summed E-state index contributed by atoms with van der Waals surface area (Å²) >= 11 is 0. The third-order valence-corrected chi connectivity index (χ3v) is 6.65. The van der Waals surface area contributed by atoms with Crippen molar-refractivity contribution in [1.82, 2.24) is 25.1 Å². The van der Waals surface area contributed by atoms with Crippen molar-refractivity contribution >= 4 is 17.4 Å².